The van der Waals surface area contributed by atoms with Crippen LogP contribution in [-0.4, -0.2) is 14.7 Å². The highest BCUT2D eigenvalue weighted by Gasteiger charge is 2.06. The first-order valence-electron chi connectivity index (χ1n) is 5.69. The van der Waals surface area contributed by atoms with E-state index in [1.54, 1.807) is 12.1 Å². The van der Waals surface area contributed by atoms with Crippen LogP contribution >= 0.6 is 22.6 Å². The second-order valence-electron chi connectivity index (χ2n) is 4.23. The van der Waals surface area contributed by atoms with Crippen molar-refractivity contribution in [3.8, 4) is 0 Å². The summed E-state index contributed by atoms with van der Waals surface area (Å²) in [5, 5.41) is 3.24. The minimum Gasteiger partial charge on any atom is -0.454 e. The van der Waals surface area contributed by atoms with Crippen LogP contribution < -0.4 is 5.32 Å². The van der Waals surface area contributed by atoms with E-state index < -0.39 is 9.84 Å². The molecule has 0 radical (unpaired) electrons. The van der Waals surface area contributed by atoms with Crippen molar-refractivity contribution in [1.29, 1.82) is 0 Å². The molecule has 0 saturated heterocycles. The maximum Gasteiger partial charge on any atom is 0.175 e. The Hall–Kier alpha value is -0.860. The first-order valence-corrected chi connectivity index (χ1v) is 8.66. The molecule has 1 aromatic carbocycles. The van der Waals surface area contributed by atoms with E-state index >= 15 is 0 Å². The SMILES string of the molecule is CS(=O)(=O)c1ccc(CNCc2ccc(I)o2)cc1. The highest BCUT2D eigenvalue weighted by atomic mass is 127. The van der Waals surface area contributed by atoms with Crippen LogP contribution in [0.2, 0.25) is 0 Å². The van der Waals surface area contributed by atoms with Crippen LogP contribution in [-0.2, 0) is 22.9 Å². The molecular weight excluding hydrogens is 377 g/mol. The number of nitrogens with one attached hydrogen (secondary N) is 1. The van der Waals surface area contributed by atoms with Gasteiger partial charge < -0.3 is 9.73 Å². The second-order valence-corrected chi connectivity index (χ2v) is 7.30. The van der Waals surface area contributed by atoms with Gasteiger partial charge in [-0.3, -0.25) is 0 Å². The molecule has 1 aromatic heterocycles. The van der Waals surface area contributed by atoms with Crippen molar-refractivity contribution >= 4 is 32.4 Å². The summed E-state index contributed by atoms with van der Waals surface area (Å²) in [5.74, 6) is 0.886. The lowest BCUT2D eigenvalue weighted by molar-refractivity contribution is 0.463. The van der Waals surface area contributed by atoms with E-state index in [0.29, 0.717) is 18.0 Å². The Morgan fingerprint density at radius 2 is 1.79 bits per heavy atom. The molecule has 0 aliphatic heterocycles. The van der Waals surface area contributed by atoms with E-state index in [1.165, 1.54) is 6.26 Å². The monoisotopic (exact) mass is 391 g/mol. The molecule has 1 N–H and O–H groups in total. The molecule has 0 aliphatic rings. The summed E-state index contributed by atoms with van der Waals surface area (Å²) in [6.45, 7) is 1.32. The summed E-state index contributed by atoms with van der Waals surface area (Å²) in [6, 6.07) is 10.7. The Balaban J connectivity index is 1.90. The Labute approximate surface area is 126 Å². The number of rotatable bonds is 5. The van der Waals surface area contributed by atoms with Crippen LogP contribution in [0.1, 0.15) is 11.3 Å². The molecule has 0 bridgehead atoms. The summed E-state index contributed by atoms with van der Waals surface area (Å²) in [6.07, 6.45) is 1.21. The van der Waals surface area contributed by atoms with Crippen LogP contribution in [0.5, 0.6) is 0 Å². The molecule has 1 heterocycles. The number of hydrogen-bond acceptors (Lipinski definition) is 4. The number of hydrogen-bond donors (Lipinski definition) is 1. The minimum atomic E-state index is -3.12. The van der Waals surface area contributed by atoms with E-state index in [0.717, 1.165) is 15.1 Å². The van der Waals surface area contributed by atoms with E-state index in [4.69, 9.17) is 4.42 Å². The number of furan rings is 1. The van der Waals surface area contributed by atoms with Gasteiger partial charge in [0.1, 0.15) is 5.76 Å². The van der Waals surface area contributed by atoms with Crippen molar-refractivity contribution in [3.63, 3.8) is 0 Å². The first-order chi connectivity index (χ1) is 8.95. The standard InChI is InChI=1S/C13H14INO3S/c1-19(16,17)12-5-2-10(3-6-12)8-15-9-11-4-7-13(14)18-11/h2-7,15H,8-9H2,1H3. The Morgan fingerprint density at radius 1 is 1.11 bits per heavy atom. The Kier molecular flexibility index (Phi) is 4.64. The molecule has 19 heavy (non-hydrogen) atoms. The predicted molar refractivity (Wildman–Crippen MR) is 81.5 cm³/mol. The molecule has 102 valence electrons. The topological polar surface area (TPSA) is 59.3 Å². The fourth-order valence-electron chi connectivity index (χ4n) is 1.63. The van der Waals surface area contributed by atoms with Crippen LogP contribution in [0.4, 0.5) is 0 Å². The Morgan fingerprint density at radius 3 is 2.32 bits per heavy atom. The van der Waals surface area contributed by atoms with Crippen molar-refractivity contribution < 1.29 is 12.8 Å². The largest absolute Gasteiger partial charge is 0.454 e. The van der Waals surface area contributed by atoms with E-state index in [2.05, 4.69) is 27.9 Å². The second kappa shape index (κ2) is 6.06. The van der Waals surface area contributed by atoms with Crippen molar-refractivity contribution in [1.82, 2.24) is 5.32 Å². The highest BCUT2D eigenvalue weighted by Crippen LogP contribution is 2.11. The molecule has 0 fully saturated rings. The fraction of sp³-hybridized carbons (Fsp3) is 0.231. The van der Waals surface area contributed by atoms with Crippen LogP contribution in [0.15, 0.2) is 45.7 Å². The van der Waals surface area contributed by atoms with Gasteiger partial charge in [-0.15, -0.1) is 0 Å². The van der Waals surface area contributed by atoms with E-state index in [1.807, 2.05) is 24.3 Å². The Bertz CT molecular complexity index is 647. The van der Waals surface area contributed by atoms with Gasteiger partial charge in [-0.2, -0.15) is 0 Å². The number of halogens is 1. The maximum absolute atomic E-state index is 11.3. The molecule has 0 spiro atoms. The molecule has 0 unspecified atom stereocenters. The third-order valence-corrected chi connectivity index (χ3v) is 4.32. The van der Waals surface area contributed by atoms with E-state index in [-0.39, 0.29) is 0 Å². The van der Waals surface area contributed by atoms with Gasteiger partial charge in [0, 0.05) is 12.8 Å². The molecule has 6 heteroatoms. The smallest absolute Gasteiger partial charge is 0.175 e. The van der Waals surface area contributed by atoms with Gasteiger partial charge >= 0.3 is 0 Å². The van der Waals surface area contributed by atoms with Gasteiger partial charge in [0.05, 0.1) is 11.4 Å². The zero-order chi connectivity index (χ0) is 13.9. The van der Waals surface area contributed by atoms with Gasteiger partial charge in [-0.1, -0.05) is 12.1 Å². The van der Waals surface area contributed by atoms with Crippen LogP contribution in [0.3, 0.4) is 0 Å². The lowest BCUT2D eigenvalue weighted by Crippen LogP contribution is -2.12. The third kappa shape index (κ3) is 4.32. The van der Waals surface area contributed by atoms with Crippen molar-refractivity contribution in [2.24, 2.45) is 0 Å². The molecule has 0 atom stereocenters. The van der Waals surface area contributed by atoms with Crippen molar-refractivity contribution in [2.75, 3.05) is 6.26 Å². The summed E-state index contributed by atoms with van der Waals surface area (Å²) in [5.41, 5.74) is 1.04. The highest BCUT2D eigenvalue weighted by molar-refractivity contribution is 14.1. The number of sulfone groups is 1. The normalized spacial score (nSPS) is 11.7. The van der Waals surface area contributed by atoms with Gasteiger partial charge in [0.25, 0.3) is 0 Å². The van der Waals surface area contributed by atoms with Gasteiger partial charge in [0.15, 0.2) is 13.6 Å². The average molecular weight is 391 g/mol. The molecular formula is C13H14INO3S. The number of benzene rings is 1. The molecule has 2 aromatic rings. The summed E-state index contributed by atoms with van der Waals surface area (Å²) < 4.78 is 28.9. The quantitative estimate of drug-likeness (QED) is 0.797. The van der Waals surface area contributed by atoms with Gasteiger partial charge in [-0.05, 0) is 52.4 Å². The lowest BCUT2D eigenvalue weighted by Gasteiger charge is -2.04. The lowest BCUT2D eigenvalue weighted by atomic mass is 10.2. The molecule has 4 nitrogen and oxygen atoms in total. The van der Waals surface area contributed by atoms with Gasteiger partial charge in [0.2, 0.25) is 0 Å². The van der Waals surface area contributed by atoms with Crippen LogP contribution in [0, 0.1) is 3.77 Å². The predicted octanol–water partition coefficient (Wildman–Crippen LogP) is 2.58. The zero-order valence-electron chi connectivity index (χ0n) is 10.4. The minimum absolute atomic E-state index is 0.344. The van der Waals surface area contributed by atoms with Crippen molar-refractivity contribution in [2.45, 2.75) is 18.0 Å². The summed E-state index contributed by atoms with van der Waals surface area (Å²) in [4.78, 5) is 0.344. The molecule has 0 aliphatic carbocycles. The summed E-state index contributed by atoms with van der Waals surface area (Å²) >= 11 is 2.12. The average Bonchev–Trinajstić information content (AvgIpc) is 2.75. The first kappa shape index (κ1) is 14.5. The molecule has 0 amide bonds. The van der Waals surface area contributed by atoms with Gasteiger partial charge in [-0.25, -0.2) is 8.42 Å². The van der Waals surface area contributed by atoms with Crippen LogP contribution in [0.25, 0.3) is 0 Å². The zero-order valence-corrected chi connectivity index (χ0v) is 13.4. The maximum atomic E-state index is 11.3. The van der Waals surface area contributed by atoms with Crippen molar-refractivity contribution in [3.05, 3.63) is 51.5 Å². The molecule has 0 saturated carbocycles. The summed E-state index contributed by atoms with van der Waals surface area (Å²) in [7, 11) is -3.12. The molecule has 2 rings (SSSR count). The third-order valence-electron chi connectivity index (χ3n) is 2.61. The van der Waals surface area contributed by atoms with E-state index in [9.17, 15) is 8.42 Å². The fourth-order valence-corrected chi connectivity index (χ4v) is 2.72.